The first-order valence-corrected chi connectivity index (χ1v) is 11.5. The predicted molar refractivity (Wildman–Crippen MR) is 132 cm³/mol. The highest BCUT2D eigenvalue weighted by atomic mass is 16.6. The third kappa shape index (κ3) is 5.32. The minimum absolute atomic E-state index is 0.00457. The molecule has 0 saturated heterocycles. The first-order chi connectivity index (χ1) is 17.5. The number of phenolic OH excluding ortho intramolecular Hbond substituents is 1. The Morgan fingerprint density at radius 2 is 1.86 bits per heavy atom. The number of hydrazone groups is 1. The largest absolute Gasteiger partial charge is 0.508 e. The zero-order chi connectivity index (χ0) is 25.5. The van der Waals surface area contributed by atoms with Crippen LogP contribution < -0.4 is 15.9 Å². The second kappa shape index (κ2) is 11.1. The molecular weight excluding hydrogens is 464 g/mol. The van der Waals surface area contributed by atoms with Crippen LogP contribution in [-0.4, -0.2) is 48.6 Å². The summed E-state index contributed by atoms with van der Waals surface area (Å²) in [6.07, 6.45) is 2.30. The molecule has 0 aliphatic heterocycles. The van der Waals surface area contributed by atoms with Gasteiger partial charge in [-0.25, -0.2) is 10.1 Å². The Hall–Kier alpha value is -4.74. The molecule has 0 saturated carbocycles. The van der Waals surface area contributed by atoms with E-state index in [4.69, 9.17) is 15.1 Å². The summed E-state index contributed by atoms with van der Waals surface area (Å²) in [4.78, 5) is 13.2. The number of benzene rings is 2. The molecule has 0 aliphatic carbocycles. The van der Waals surface area contributed by atoms with E-state index in [0.29, 0.717) is 35.7 Å². The van der Waals surface area contributed by atoms with Crippen LogP contribution in [0.4, 0.5) is 5.82 Å². The summed E-state index contributed by atoms with van der Waals surface area (Å²) in [7, 11) is 0. The number of carbonyl (C=O) groups excluding carboxylic acids is 1. The maximum atomic E-state index is 13.2. The quantitative estimate of drug-likeness (QED) is 0.223. The molecule has 2 aromatic carbocycles. The molecule has 4 rings (SSSR count). The fourth-order valence-electron chi connectivity index (χ4n) is 3.44. The van der Waals surface area contributed by atoms with Gasteiger partial charge in [0.1, 0.15) is 17.2 Å². The first-order valence-electron chi connectivity index (χ1n) is 11.5. The number of nitrogens with one attached hydrogen (secondary N) is 1. The number of aromatic nitrogens is 5. The lowest BCUT2D eigenvalue weighted by Crippen LogP contribution is -2.21. The summed E-state index contributed by atoms with van der Waals surface area (Å²) >= 11 is 0. The van der Waals surface area contributed by atoms with Crippen LogP contribution in [0.25, 0.3) is 17.1 Å². The molecule has 0 bridgehead atoms. The topological polar surface area (TPSA) is 167 Å². The molecule has 0 fully saturated rings. The summed E-state index contributed by atoms with van der Waals surface area (Å²) in [6, 6.07) is 13.7. The highest BCUT2D eigenvalue weighted by molar-refractivity contribution is 6.03. The van der Waals surface area contributed by atoms with Crippen LogP contribution in [-0.2, 0) is 0 Å². The van der Waals surface area contributed by atoms with Crippen molar-refractivity contribution >= 4 is 17.4 Å². The van der Waals surface area contributed by atoms with Gasteiger partial charge in [0.2, 0.25) is 11.6 Å². The highest BCUT2D eigenvalue weighted by Crippen LogP contribution is 2.28. The smallest absolute Gasteiger partial charge is 0.294 e. The van der Waals surface area contributed by atoms with Gasteiger partial charge in [0, 0.05) is 5.56 Å². The van der Waals surface area contributed by atoms with Gasteiger partial charge in [-0.3, -0.25) is 4.79 Å². The number of phenols is 1. The molecule has 1 amide bonds. The Labute approximate surface area is 206 Å². The van der Waals surface area contributed by atoms with Crippen LogP contribution in [0.3, 0.4) is 0 Å². The third-order valence-corrected chi connectivity index (χ3v) is 5.16. The number of carbonyl (C=O) groups is 1. The average Bonchev–Trinajstić information content (AvgIpc) is 3.52. The van der Waals surface area contributed by atoms with Crippen LogP contribution in [0, 0.1) is 0 Å². The summed E-state index contributed by atoms with van der Waals surface area (Å²) < 4.78 is 11.7. The molecule has 0 spiro atoms. The maximum absolute atomic E-state index is 13.2. The van der Waals surface area contributed by atoms with Gasteiger partial charge in [0.25, 0.3) is 5.91 Å². The lowest BCUT2D eigenvalue weighted by molar-refractivity contribution is 0.0950. The summed E-state index contributed by atoms with van der Waals surface area (Å²) in [6.45, 7) is 4.62. The Morgan fingerprint density at radius 1 is 1.11 bits per heavy atom. The number of nitrogens with two attached hydrogens (primary N) is 1. The number of aromatic hydroxyl groups is 1. The van der Waals surface area contributed by atoms with E-state index in [1.807, 2.05) is 13.8 Å². The molecule has 2 heterocycles. The molecule has 4 N–H and O–H groups in total. The number of rotatable bonds is 10. The number of hydrogen-bond acceptors (Lipinski definition) is 10. The number of nitrogens with zero attached hydrogens (tertiary/aromatic N) is 6. The molecular formula is C24H26N8O4. The van der Waals surface area contributed by atoms with Crippen molar-refractivity contribution in [1.29, 1.82) is 0 Å². The van der Waals surface area contributed by atoms with E-state index in [1.165, 1.54) is 4.68 Å². The van der Waals surface area contributed by atoms with E-state index in [0.717, 1.165) is 18.4 Å². The Balaban J connectivity index is 1.69. The van der Waals surface area contributed by atoms with Gasteiger partial charge in [0.15, 0.2) is 5.69 Å². The Bertz CT molecular complexity index is 1340. The van der Waals surface area contributed by atoms with Gasteiger partial charge in [-0.1, -0.05) is 25.5 Å². The van der Waals surface area contributed by atoms with E-state index >= 15 is 0 Å². The molecule has 2 aromatic heterocycles. The van der Waals surface area contributed by atoms with E-state index in [9.17, 15) is 9.90 Å². The Kier molecular flexibility index (Phi) is 7.54. The second-order valence-electron chi connectivity index (χ2n) is 7.84. The van der Waals surface area contributed by atoms with Gasteiger partial charge in [-0.15, -0.1) is 5.10 Å². The maximum Gasteiger partial charge on any atom is 0.294 e. The third-order valence-electron chi connectivity index (χ3n) is 5.16. The fourth-order valence-corrected chi connectivity index (χ4v) is 3.44. The summed E-state index contributed by atoms with van der Waals surface area (Å²) in [5, 5.41) is 29.4. The molecule has 0 radical (unpaired) electrons. The minimum atomic E-state index is -0.579. The van der Waals surface area contributed by atoms with Crippen molar-refractivity contribution in [2.75, 3.05) is 12.3 Å². The van der Waals surface area contributed by atoms with Crippen molar-refractivity contribution in [3.05, 3.63) is 59.8 Å². The van der Waals surface area contributed by atoms with Crippen molar-refractivity contribution in [1.82, 2.24) is 30.7 Å². The summed E-state index contributed by atoms with van der Waals surface area (Å²) in [5.74, 6) is 0.349. The number of amides is 1. The van der Waals surface area contributed by atoms with Gasteiger partial charge in [0.05, 0.1) is 12.3 Å². The standard InChI is InChI=1S/C24H26N8O4/c1-3-5-19(15-6-10-17(33)11-7-15)26-28-24(34)20-21(16-8-12-18(13-9-16)35-14-4-2)32(31-27-20)23-22(25)29-36-30-23/h6-13,33H,3-5,14H2,1-2H3,(H2,25,29)(H,28,34)/b26-19+. The van der Waals surface area contributed by atoms with Crippen molar-refractivity contribution in [3.8, 4) is 28.6 Å². The molecule has 0 aliphatic rings. The molecule has 0 atom stereocenters. The number of ether oxygens (including phenoxy) is 1. The number of hydrogen-bond donors (Lipinski definition) is 3. The van der Waals surface area contributed by atoms with Crippen molar-refractivity contribution in [3.63, 3.8) is 0 Å². The number of nitrogen functional groups attached to an aromatic ring is 1. The van der Waals surface area contributed by atoms with E-state index in [-0.39, 0.29) is 23.1 Å². The molecule has 36 heavy (non-hydrogen) atoms. The van der Waals surface area contributed by atoms with Gasteiger partial charge >= 0.3 is 0 Å². The van der Waals surface area contributed by atoms with Crippen LogP contribution in [0.1, 0.15) is 49.2 Å². The Morgan fingerprint density at radius 3 is 2.50 bits per heavy atom. The second-order valence-corrected chi connectivity index (χ2v) is 7.84. The lowest BCUT2D eigenvalue weighted by atomic mass is 10.1. The monoisotopic (exact) mass is 490 g/mol. The van der Waals surface area contributed by atoms with Crippen LogP contribution in [0.2, 0.25) is 0 Å². The van der Waals surface area contributed by atoms with Gasteiger partial charge in [-0.2, -0.15) is 9.78 Å². The molecule has 0 unspecified atom stereocenters. The molecule has 12 heteroatoms. The average molecular weight is 491 g/mol. The van der Waals surface area contributed by atoms with Gasteiger partial charge < -0.3 is 15.6 Å². The fraction of sp³-hybridized carbons (Fsp3) is 0.250. The van der Waals surface area contributed by atoms with E-state index < -0.39 is 5.91 Å². The SMILES string of the molecule is CCCOc1ccc(-c2c(C(=O)N/N=C(\CCC)c3ccc(O)cc3)nnn2-c2nonc2N)cc1. The zero-order valence-electron chi connectivity index (χ0n) is 19.9. The van der Waals surface area contributed by atoms with E-state index in [1.54, 1.807) is 48.5 Å². The number of anilines is 1. The van der Waals surface area contributed by atoms with E-state index in [2.05, 4.69) is 31.2 Å². The van der Waals surface area contributed by atoms with Crippen molar-refractivity contribution in [2.24, 2.45) is 5.10 Å². The molecule has 186 valence electrons. The highest BCUT2D eigenvalue weighted by Gasteiger charge is 2.25. The van der Waals surface area contributed by atoms with Crippen LogP contribution in [0.5, 0.6) is 11.5 Å². The minimum Gasteiger partial charge on any atom is -0.508 e. The normalized spacial score (nSPS) is 11.4. The van der Waals surface area contributed by atoms with Gasteiger partial charge in [-0.05, 0) is 77.2 Å². The zero-order valence-corrected chi connectivity index (χ0v) is 19.9. The van der Waals surface area contributed by atoms with Crippen molar-refractivity contribution in [2.45, 2.75) is 33.1 Å². The predicted octanol–water partition coefficient (Wildman–Crippen LogP) is 3.33. The lowest BCUT2D eigenvalue weighted by Gasteiger charge is -2.09. The molecule has 12 nitrogen and oxygen atoms in total. The summed E-state index contributed by atoms with van der Waals surface area (Å²) in [5.41, 5.74) is 10.8. The first kappa shape index (κ1) is 24.4. The molecule has 4 aromatic rings. The van der Waals surface area contributed by atoms with Crippen molar-refractivity contribution < 1.29 is 19.3 Å². The van der Waals surface area contributed by atoms with Crippen LogP contribution in [0.15, 0.2) is 58.3 Å². The van der Waals surface area contributed by atoms with Crippen LogP contribution >= 0.6 is 0 Å².